The van der Waals surface area contributed by atoms with Crippen LogP contribution in [-0.4, -0.2) is 20.3 Å². The number of methoxy groups -OCH3 is 1. The van der Waals surface area contributed by atoms with Crippen LogP contribution >= 0.6 is 11.6 Å². The van der Waals surface area contributed by atoms with Crippen molar-refractivity contribution in [3.05, 3.63) is 29.3 Å². The minimum atomic E-state index is -0.437. The van der Waals surface area contributed by atoms with Gasteiger partial charge in [0.25, 0.3) is 0 Å². The Morgan fingerprint density at radius 2 is 2.08 bits per heavy atom. The normalized spacial score (nSPS) is 9.46. The van der Waals surface area contributed by atoms with Crippen LogP contribution in [0.2, 0.25) is 5.02 Å². The molecular formula is C9H10ClNO2. The van der Waals surface area contributed by atoms with Gasteiger partial charge in [0, 0.05) is 7.05 Å². The van der Waals surface area contributed by atoms with Crippen molar-refractivity contribution in [2.24, 2.45) is 0 Å². The molecule has 0 N–H and O–H groups in total. The van der Waals surface area contributed by atoms with Crippen LogP contribution < -0.4 is 4.90 Å². The van der Waals surface area contributed by atoms with Crippen molar-refractivity contribution in [3.8, 4) is 0 Å². The van der Waals surface area contributed by atoms with Crippen molar-refractivity contribution in [2.45, 2.75) is 0 Å². The molecule has 0 aliphatic rings. The number of carbonyl (C=O) groups is 1. The molecule has 3 nitrogen and oxygen atoms in total. The Balaban J connectivity index is 2.95. The van der Waals surface area contributed by atoms with Crippen molar-refractivity contribution in [2.75, 3.05) is 19.1 Å². The molecule has 0 spiro atoms. The largest absolute Gasteiger partial charge is 0.452 e. The summed E-state index contributed by atoms with van der Waals surface area (Å²) in [4.78, 5) is 12.5. The second-order valence-electron chi connectivity index (χ2n) is 2.48. The van der Waals surface area contributed by atoms with Crippen molar-refractivity contribution in [1.29, 1.82) is 0 Å². The maximum Gasteiger partial charge on any atom is 0.413 e. The van der Waals surface area contributed by atoms with E-state index in [0.717, 1.165) is 0 Å². The van der Waals surface area contributed by atoms with Crippen LogP contribution in [0.1, 0.15) is 0 Å². The number of rotatable bonds is 1. The second kappa shape index (κ2) is 4.14. The smallest absolute Gasteiger partial charge is 0.413 e. The molecule has 0 aliphatic carbocycles. The number of para-hydroxylation sites is 1. The van der Waals surface area contributed by atoms with E-state index in [0.29, 0.717) is 10.7 Å². The van der Waals surface area contributed by atoms with E-state index in [2.05, 4.69) is 4.74 Å². The van der Waals surface area contributed by atoms with Gasteiger partial charge in [-0.2, -0.15) is 0 Å². The fourth-order valence-electron chi connectivity index (χ4n) is 0.959. The Labute approximate surface area is 81.9 Å². The SMILES string of the molecule is COC(=O)N(C)c1ccccc1Cl. The molecule has 1 rings (SSSR count). The van der Waals surface area contributed by atoms with Crippen LogP contribution in [0.15, 0.2) is 24.3 Å². The fourth-order valence-corrected chi connectivity index (χ4v) is 1.22. The van der Waals surface area contributed by atoms with E-state index in [1.807, 2.05) is 0 Å². The first-order chi connectivity index (χ1) is 6.16. The van der Waals surface area contributed by atoms with Gasteiger partial charge in [0.15, 0.2) is 0 Å². The third-order valence-corrected chi connectivity index (χ3v) is 1.98. The van der Waals surface area contributed by atoms with Gasteiger partial charge in [-0.25, -0.2) is 4.79 Å². The molecule has 0 unspecified atom stereocenters. The average Bonchev–Trinajstić information content (AvgIpc) is 2.16. The van der Waals surface area contributed by atoms with Gasteiger partial charge in [0.05, 0.1) is 17.8 Å². The molecule has 0 atom stereocenters. The van der Waals surface area contributed by atoms with Gasteiger partial charge < -0.3 is 4.74 Å². The highest BCUT2D eigenvalue weighted by molar-refractivity contribution is 6.33. The number of hydrogen-bond donors (Lipinski definition) is 0. The Morgan fingerprint density at radius 1 is 1.46 bits per heavy atom. The fraction of sp³-hybridized carbons (Fsp3) is 0.222. The van der Waals surface area contributed by atoms with E-state index < -0.39 is 6.09 Å². The zero-order valence-electron chi connectivity index (χ0n) is 7.45. The standard InChI is InChI=1S/C9H10ClNO2/c1-11(9(12)13-2)8-6-4-3-5-7(8)10/h3-6H,1-2H3. The molecule has 0 saturated heterocycles. The quantitative estimate of drug-likeness (QED) is 0.696. The summed E-state index contributed by atoms with van der Waals surface area (Å²) in [7, 11) is 2.93. The van der Waals surface area contributed by atoms with Crippen LogP contribution in [0.4, 0.5) is 10.5 Å². The van der Waals surface area contributed by atoms with Crippen LogP contribution in [0.5, 0.6) is 0 Å². The molecule has 13 heavy (non-hydrogen) atoms. The minimum Gasteiger partial charge on any atom is -0.452 e. The molecule has 4 heteroatoms. The number of nitrogens with zero attached hydrogens (tertiary/aromatic N) is 1. The molecule has 1 aromatic rings. The molecule has 0 saturated carbocycles. The highest BCUT2D eigenvalue weighted by atomic mass is 35.5. The summed E-state index contributed by atoms with van der Waals surface area (Å²) < 4.78 is 4.55. The molecule has 1 amide bonds. The summed E-state index contributed by atoms with van der Waals surface area (Å²) in [5, 5.41) is 0.524. The molecular weight excluding hydrogens is 190 g/mol. The molecule has 0 fully saturated rings. The number of ether oxygens (including phenoxy) is 1. The van der Waals surface area contributed by atoms with Crippen LogP contribution in [-0.2, 0) is 4.74 Å². The summed E-state index contributed by atoms with van der Waals surface area (Å²) >= 11 is 5.87. The zero-order valence-corrected chi connectivity index (χ0v) is 8.21. The number of hydrogen-bond acceptors (Lipinski definition) is 2. The summed E-state index contributed by atoms with van der Waals surface area (Å²) in [6, 6.07) is 7.08. The van der Waals surface area contributed by atoms with E-state index >= 15 is 0 Å². The maximum atomic E-state index is 11.1. The number of anilines is 1. The summed E-state index contributed by atoms with van der Waals surface area (Å²) in [5.74, 6) is 0. The Kier molecular flexibility index (Phi) is 3.14. The predicted octanol–water partition coefficient (Wildman–Crippen LogP) is 2.54. The second-order valence-corrected chi connectivity index (χ2v) is 2.89. The third-order valence-electron chi connectivity index (χ3n) is 1.66. The zero-order chi connectivity index (χ0) is 9.84. The van der Waals surface area contributed by atoms with Gasteiger partial charge in [-0.15, -0.1) is 0 Å². The Hall–Kier alpha value is -1.22. The van der Waals surface area contributed by atoms with Crippen molar-refractivity contribution < 1.29 is 9.53 Å². The van der Waals surface area contributed by atoms with Gasteiger partial charge in [0.1, 0.15) is 0 Å². The first kappa shape index (κ1) is 9.86. The Bertz CT molecular complexity index is 314. The lowest BCUT2D eigenvalue weighted by Crippen LogP contribution is -2.25. The van der Waals surface area contributed by atoms with Gasteiger partial charge in [-0.1, -0.05) is 23.7 Å². The average molecular weight is 200 g/mol. The predicted molar refractivity (Wildman–Crippen MR) is 52.3 cm³/mol. The first-order valence-corrected chi connectivity index (χ1v) is 4.11. The van der Waals surface area contributed by atoms with Crippen molar-refractivity contribution in [3.63, 3.8) is 0 Å². The van der Waals surface area contributed by atoms with E-state index in [9.17, 15) is 4.79 Å². The summed E-state index contributed by atoms with van der Waals surface area (Å²) in [6.07, 6.45) is -0.437. The maximum absolute atomic E-state index is 11.1. The molecule has 0 aromatic heterocycles. The number of halogens is 1. The molecule has 0 aliphatic heterocycles. The third kappa shape index (κ3) is 2.12. The number of carbonyl (C=O) groups excluding carboxylic acids is 1. The van der Waals surface area contributed by atoms with Gasteiger partial charge in [0.2, 0.25) is 0 Å². The van der Waals surface area contributed by atoms with Gasteiger partial charge in [-0.3, -0.25) is 4.90 Å². The lowest BCUT2D eigenvalue weighted by atomic mass is 10.3. The minimum absolute atomic E-state index is 0.437. The van der Waals surface area contributed by atoms with E-state index in [-0.39, 0.29) is 0 Å². The van der Waals surface area contributed by atoms with E-state index in [4.69, 9.17) is 11.6 Å². The highest BCUT2D eigenvalue weighted by Crippen LogP contribution is 2.24. The first-order valence-electron chi connectivity index (χ1n) is 3.73. The lowest BCUT2D eigenvalue weighted by Gasteiger charge is -2.16. The number of benzene rings is 1. The molecule has 0 bridgehead atoms. The van der Waals surface area contributed by atoms with Crippen LogP contribution in [0.3, 0.4) is 0 Å². The van der Waals surface area contributed by atoms with E-state index in [1.165, 1.54) is 12.0 Å². The molecule has 0 radical (unpaired) electrons. The van der Waals surface area contributed by atoms with Gasteiger partial charge >= 0.3 is 6.09 Å². The summed E-state index contributed by atoms with van der Waals surface area (Å²) in [5.41, 5.74) is 0.635. The molecule has 1 aromatic carbocycles. The van der Waals surface area contributed by atoms with Crippen LogP contribution in [0, 0.1) is 0 Å². The van der Waals surface area contributed by atoms with Gasteiger partial charge in [-0.05, 0) is 12.1 Å². The molecule has 70 valence electrons. The summed E-state index contributed by atoms with van der Waals surface area (Å²) in [6.45, 7) is 0. The molecule has 0 heterocycles. The lowest BCUT2D eigenvalue weighted by molar-refractivity contribution is 0.180. The van der Waals surface area contributed by atoms with E-state index in [1.54, 1.807) is 31.3 Å². The van der Waals surface area contributed by atoms with Crippen LogP contribution in [0.25, 0.3) is 0 Å². The number of amides is 1. The topological polar surface area (TPSA) is 29.5 Å². The Morgan fingerprint density at radius 3 is 2.62 bits per heavy atom. The van der Waals surface area contributed by atoms with Crippen molar-refractivity contribution >= 4 is 23.4 Å². The van der Waals surface area contributed by atoms with Crippen molar-refractivity contribution in [1.82, 2.24) is 0 Å². The highest BCUT2D eigenvalue weighted by Gasteiger charge is 2.12. The monoisotopic (exact) mass is 199 g/mol.